The van der Waals surface area contributed by atoms with Crippen LogP contribution in [0.1, 0.15) is 99.0 Å². The third-order valence-electron chi connectivity index (χ3n) is 12.3. The summed E-state index contributed by atoms with van der Waals surface area (Å²) >= 11 is 0. The molecule has 2 aromatic carbocycles. The number of benzene rings is 2. The minimum atomic E-state index is -0.300. The van der Waals surface area contributed by atoms with Gasteiger partial charge in [-0.05, 0) is 42.2 Å². The number of carbonyl (C=O) groups is 3. The third kappa shape index (κ3) is 12.1. The molecule has 8 nitrogen and oxygen atoms in total. The van der Waals surface area contributed by atoms with E-state index >= 15 is 0 Å². The summed E-state index contributed by atoms with van der Waals surface area (Å²) in [4.78, 5) is 39.0. The van der Waals surface area contributed by atoms with Crippen molar-refractivity contribution in [1.29, 1.82) is 0 Å². The second kappa shape index (κ2) is 21.8. The normalized spacial score (nSPS) is 24.5. The molecule has 2 heterocycles. The number of aliphatic hydroxyl groups excluding tert-OH is 1. The van der Waals surface area contributed by atoms with E-state index in [-0.39, 0.29) is 50.4 Å². The molecule has 2 saturated carbocycles. The van der Waals surface area contributed by atoms with E-state index in [0.717, 1.165) is 61.1 Å². The van der Waals surface area contributed by atoms with Crippen molar-refractivity contribution >= 4 is 24.7 Å². The quantitative estimate of drug-likeness (QED) is 0.293. The van der Waals surface area contributed by atoms with E-state index in [1.54, 1.807) is 9.80 Å². The smallest absolute Gasteiger partial charge is 1.00 e. The molecule has 2 aliphatic carbocycles. The zero-order valence-corrected chi connectivity index (χ0v) is 33.0. The van der Waals surface area contributed by atoms with Crippen LogP contribution in [0, 0.1) is 23.7 Å². The number of hydrogen-bond acceptors (Lipinski definition) is 6. The second-order valence-electron chi connectivity index (χ2n) is 15.6. The van der Waals surface area contributed by atoms with Crippen LogP contribution in [0.25, 0.3) is 0 Å². The van der Waals surface area contributed by atoms with Crippen LogP contribution in [-0.4, -0.2) is 71.9 Å². The molecule has 282 valence electrons. The van der Waals surface area contributed by atoms with Crippen LogP contribution in [-0.2, 0) is 27.5 Å². The summed E-state index contributed by atoms with van der Waals surface area (Å²) in [7, 11) is 0. The first-order valence-electron chi connectivity index (χ1n) is 19.7. The van der Waals surface area contributed by atoms with Gasteiger partial charge >= 0.3 is 31.0 Å². The molecule has 52 heavy (non-hydrogen) atoms. The Balaban J connectivity index is 0.000000276. The number of ether oxygens (including phenoxy) is 2. The minimum Gasteiger partial charge on any atom is -1.00 e. The number of amides is 2. The van der Waals surface area contributed by atoms with Crippen molar-refractivity contribution < 1.29 is 49.3 Å². The Morgan fingerprint density at radius 2 is 1.19 bits per heavy atom. The molecule has 4 aliphatic rings. The van der Waals surface area contributed by atoms with Crippen molar-refractivity contribution in [2.24, 2.45) is 23.7 Å². The van der Waals surface area contributed by atoms with Crippen molar-refractivity contribution in [3.05, 3.63) is 71.8 Å². The van der Waals surface area contributed by atoms with Gasteiger partial charge in [-0.25, -0.2) is 9.59 Å². The maximum absolute atomic E-state index is 12.0. The topological polar surface area (TPSA) is 96.4 Å². The first kappa shape index (κ1) is 43.7. The Labute approximate surface area is 327 Å². The summed E-state index contributed by atoms with van der Waals surface area (Å²) in [5, 5.41) is 9.83. The van der Waals surface area contributed by atoms with Crippen LogP contribution in [0.2, 0.25) is 17.5 Å². The molecular weight excluding hydrogens is 646 g/mol. The monoisotopic (exact) mass is 711 g/mol. The standard InChI is InChI=1S/C15H19NO3.C15H17NO3.C12H27B.Li.H/c2*17-14-7-6-12-8-16(9-13(12)14)15(18)19-10-11-4-2-1-3-5-11;1-7-10(4)13(11(5)8-2)12(6)9-3;;/h1-5,12-14,17H,6-10H2;1-5,12-13H,6-10H2;10-12H,7-9H2,1-6H3;;/q;;;+1;-1/t12-,13+,14-;12-,13+;;;/m00.../s1. The van der Waals surface area contributed by atoms with Crippen LogP contribution in [0.15, 0.2) is 60.7 Å². The van der Waals surface area contributed by atoms with E-state index in [1.165, 1.54) is 19.3 Å². The molecule has 2 saturated heterocycles. The molecule has 10 heteroatoms. The van der Waals surface area contributed by atoms with Gasteiger partial charge in [-0.2, -0.15) is 0 Å². The largest absolute Gasteiger partial charge is 1.00 e. The number of fused-ring (bicyclic) bond motifs is 2. The SMILES string of the molecule is CCC(C)B(C(C)CC)C(C)CC.O=C(OCc1ccccc1)N1C[C@@H]2CC[C@H](O)[C@@H]2C1.O=C1CC[C@H]2CN(C(=O)OCc3ccccc3)C[C@@H]12.[H-].[Li+]. The van der Waals surface area contributed by atoms with Crippen molar-refractivity contribution in [3.8, 4) is 0 Å². The van der Waals surface area contributed by atoms with Crippen molar-refractivity contribution in [2.75, 3.05) is 26.2 Å². The molecule has 6 rings (SSSR count). The maximum Gasteiger partial charge on any atom is 1.00 e. The predicted octanol–water partition coefficient (Wildman–Crippen LogP) is 6.26. The van der Waals surface area contributed by atoms with Crippen molar-refractivity contribution in [2.45, 2.75) is 123 Å². The molecule has 8 atom stereocenters. The molecule has 4 fully saturated rings. The summed E-state index contributed by atoms with van der Waals surface area (Å²) in [6, 6.07) is 19.3. The Morgan fingerprint density at radius 3 is 1.63 bits per heavy atom. The molecule has 0 radical (unpaired) electrons. The van der Waals surface area contributed by atoms with Gasteiger partial charge in [-0.15, -0.1) is 0 Å². The fraction of sp³-hybridized carbons (Fsp3) is 0.643. The number of ketones is 1. The van der Waals surface area contributed by atoms with Gasteiger partial charge in [0.1, 0.15) is 25.7 Å². The van der Waals surface area contributed by atoms with Gasteiger partial charge in [0.15, 0.2) is 0 Å². The van der Waals surface area contributed by atoms with Crippen LogP contribution in [0.3, 0.4) is 0 Å². The first-order chi connectivity index (χ1) is 24.6. The van der Waals surface area contributed by atoms with Crippen LogP contribution in [0.4, 0.5) is 9.59 Å². The number of carbonyl (C=O) groups excluding carboxylic acids is 3. The van der Waals surface area contributed by atoms with Crippen molar-refractivity contribution in [1.82, 2.24) is 9.80 Å². The molecule has 2 aromatic rings. The van der Waals surface area contributed by atoms with E-state index in [4.69, 9.17) is 9.47 Å². The summed E-state index contributed by atoms with van der Waals surface area (Å²) in [5.74, 6) is 4.12. The number of hydrogen-bond donors (Lipinski definition) is 1. The Bertz CT molecular complexity index is 1350. The van der Waals surface area contributed by atoms with E-state index in [2.05, 4.69) is 41.5 Å². The van der Waals surface area contributed by atoms with Crippen LogP contribution >= 0.6 is 0 Å². The number of Topliss-reactive ketones (excluding diaryl/α,β-unsaturated/α-hetero) is 1. The summed E-state index contributed by atoms with van der Waals surface area (Å²) in [6.45, 7) is 18.3. The average molecular weight is 711 g/mol. The molecule has 3 unspecified atom stereocenters. The molecule has 0 bridgehead atoms. The van der Waals surface area contributed by atoms with Gasteiger partial charge in [0, 0.05) is 44.4 Å². The molecule has 1 N–H and O–H groups in total. The zero-order chi connectivity index (χ0) is 36.9. The number of aliphatic hydroxyl groups is 1. The Morgan fingerprint density at radius 1 is 0.731 bits per heavy atom. The summed E-state index contributed by atoms with van der Waals surface area (Å²) in [6.07, 6.45) is 6.71. The van der Waals surface area contributed by atoms with Gasteiger partial charge in [-0.1, -0.05) is 139 Å². The Hall–Kier alpha value is -2.73. The van der Waals surface area contributed by atoms with E-state index in [0.29, 0.717) is 56.9 Å². The molecule has 2 amide bonds. The van der Waals surface area contributed by atoms with E-state index < -0.39 is 0 Å². The number of rotatable bonds is 10. The third-order valence-corrected chi connectivity index (χ3v) is 12.3. The molecule has 0 aromatic heterocycles. The Kier molecular flexibility index (Phi) is 18.3. The minimum absolute atomic E-state index is 0. The van der Waals surface area contributed by atoms with E-state index in [1.807, 2.05) is 60.7 Å². The van der Waals surface area contributed by atoms with Gasteiger partial charge in [-0.3, -0.25) is 4.79 Å². The van der Waals surface area contributed by atoms with Crippen LogP contribution < -0.4 is 18.9 Å². The van der Waals surface area contributed by atoms with Gasteiger partial charge < -0.3 is 25.8 Å². The van der Waals surface area contributed by atoms with Gasteiger partial charge in [0.25, 0.3) is 0 Å². The fourth-order valence-electron chi connectivity index (χ4n) is 8.70. The molecule has 2 aliphatic heterocycles. The summed E-state index contributed by atoms with van der Waals surface area (Å²) in [5.41, 5.74) is 1.97. The second-order valence-corrected chi connectivity index (χ2v) is 15.6. The molecular formula is C42H64BLiN2O6. The van der Waals surface area contributed by atoms with Crippen LogP contribution in [0.5, 0.6) is 0 Å². The first-order valence-corrected chi connectivity index (χ1v) is 19.7. The fourth-order valence-corrected chi connectivity index (χ4v) is 8.70. The van der Waals surface area contributed by atoms with Gasteiger partial charge in [0.2, 0.25) is 0 Å². The average Bonchev–Trinajstić information content (AvgIpc) is 3.95. The molecule has 0 spiro atoms. The van der Waals surface area contributed by atoms with E-state index in [9.17, 15) is 19.5 Å². The summed E-state index contributed by atoms with van der Waals surface area (Å²) < 4.78 is 10.6. The van der Waals surface area contributed by atoms with Crippen molar-refractivity contribution in [3.63, 3.8) is 0 Å². The number of likely N-dealkylation sites (tertiary alicyclic amines) is 2. The number of nitrogens with zero attached hydrogens (tertiary/aromatic N) is 2. The van der Waals surface area contributed by atoms with Gasteiger partial charge in [0.05, 0.1) is 6.10 Å². The zero-order valence-electron chi connectivity index (χ0n) is 34.0. The predicted molar refractivity (Wildman–Crippen MR) is 206 cm³/mol. The maximum atomic E-state index is 12.0.